The van der Waals surface area contributed by atoms with Crippen molar-refractivity contribution in [3.63, 3.8) is 0 Å². The number of benzene rings is 1. The van der Waals surface area contributed by atoms with E-state index in [0.717, 1.165) is 19.4 Å². The summed E-state index contributed by atoms with van der Waals surface area (Å²) in [6.07, 6.45) is 5.25. The van der Waals surface area contributed by atoms with Gasteiger partial charge in [-0.15, -0.1) is 0 Å². The van der Waals surface area contributed by atoms with Crippen molar-refractivity contribution < 1.29 is 9.13 Å². The molecule has 7 nitrogen and oxygen atoms in total. The van der Waals surface area contributed by atoms with Gasteiger partial charge in [0.05, 0.1) is 5.71 Å². The fraction of sp³-hybridized carbons (Fsp3) is 0.320. The van der Waals surface area contributed by atoms with Gasteiger partial charge in [0.1, 0.15) is 17.1 Å². The van der Waals surface area contributed by atoms with Crippen LogP contribution in [-0.4, -0.2) is 29.5 Å². The van der Waals surface area contributed by atoms with Crippen molar-refractivity contribution in [1.29, 1.82) is 10.8 Å². The van der Waals surface area contributed by atoms with Crippen molar-refractivity contribution in [3.8, 4) is 5.75 Å². The number of rotatable bonds is 5. The predicted molar refractivity (Wildman–Crippen MR) is 134 cm³/mol. The molecule has 1 aromatic heterocycles. The minimum Gasteiger partial charge on any atom is -0.482 e. The first-order valence-electron chi connectivity index (χ1n) is 11.2. The van der Waals surface area contributed by atoms with E-state index in [2.05, 4.69) is 15.6 Å². The van der Waals surface area contributed by atoms with Crippen molar-refractivity contribution in [2.75, 3.05) is 19.3 Å². The smallest absolute Gasteiger partial charge is 0.166 e. The van der Waals surface area contributed by atoms with Crippen LogP contribution in [0.5, 0.6) is 5.75 Å². The number of nitrogens with one attached hydrogen (secondary N) is 4. The van der Waals surface area contributed by atoms with Crippen molar-refractivity contribution >= 4 is 34.0 Å². The van der Waals surface area contributed by atoms with Crippen LogP contribution < -0.4 is 21.1 Å². The second-order valence-corrected chi connectivity index (χ2v) is 8.98. The molecule has 1 fully saturated rings. The van der Waals surface area contributed by atoms with Crippen LogP contribution in [-0.2, 0) is 0 Å². The first-order valence-corrected chi connectivity index (χ1v) is 11.5. The summed E-state index contributed by atoms with van der Waals surface area (Å²) in [4.78, 5) is 4.32. The molecule has 1 atom stereocenters. The van der Waals surface area contributed by atoms with Crippen molar-refractivity contribution in [1.82, 2.24) is 15.6 Å². The number of fused-ring (bicyclic) bond motifs is 3. The highest BCUT2D eigenvalue weighted by Gasteiger charge is 2.26. The molecule has 1 aliphatic carbocycles. The molecule has 0 saturated heterocycles. The first kappa shape index (κ1) is 23.8. The Morgan fingerprint density at radius 2 is 2.12 bits per heavy atom. The summed E-state index contributed by atoms with van der Waals surface area (Å²) in [6, 6.07) is 6.03. The average molecular weight is 483 g/mol. The van der Waals surface area contributed by atoms with Gasteiger partial charge < -0.3 is 21.1 Å². The van der Waals surface area contributed by atoms with Gasteiger partial charge in [0, 0.05) is 60.4 Å². The lowest BCUT2D eigenvalue weighted by Gasteiger charge is -2.24. The number of aromatic nitrogens is 1. The SMILES string of the molecule is CN/C=C1/C/C(C(=N)Cl)=C(/NCC2CC2)c2cnc(N)c(c2)O[C@H](C)c2cc(F)ccc2C1=N. The van der Waals surface area contributed by atoms with Gasteiger partial charge >= 0.3 is 0 Å². The van der Waals surface area contributed by atoms with E-state index in [1.807, 2.05) is 0 Å². The standard InChI is InChI=1S/C25H28ClFN6O/c1-13-19-9-17(27)5-6-18(19)22(28)15(11-31-2)7-20(24(26)29)23(32-10-14-3-4-14)16-8-21(34-13)25(30)33-12-16/h5-6,8-9,11-14,28-29,31-32H,3-4,7,10H2,1-2H3,(H2,30,33)/b15-11-,23-20-,28-22?,29-24?/t13-/m1/s1. The third-order valence-electron chi connectivity index (χ3n) is 6.03. The topological polar surface area (TPSA) is 120 Å². The Bertz CT molecular complexity index is 1200. The number of hydrogen-bond acceptors (Lipinski definition) is 7. The summed E-state index contributed by atoms with van der Waals surface area (Å²) >= 11 is 6.32. The highest BCUT2D eigenvalue weighted by atomic mass is 35.5. The summed E-state index contributed by atoms with van der Waals surface area (Å²) in [5, 5.41) is 23.6. The molecule has 0 unspecified atom stereocenters. The second kappa shape index (κ2) is 9.85. The molecule has 1 aliphatic heterocycles. The van der Waals surface area contributed by atoms with Gasteiger partial charge in [-0.05, 0) is 55.5 Å². The number of hydrogen-bond donors (Lipinski definition) is 5. The molecule has 2 aliphatic rings. The molecule has 0 radical (unpaired) electrons. The lowest BCUT2D eigenvalue weighted by molar-refractivity contribution is 0.227. The Morgan fingerprint density at radius 3 is 2.79 bits per heavy atom. The summed E-state index contributed by atoms with van der Waals surface area (Å²) < 4.78 is 20.4. The number of halogens is 2. The molecule has 0 spiro atoms. The molecule has 1 saturated carbocycles. The average Bonchev–Trinajstić information content (AvgIpc) is 3.63. The highest BCUT2D eigenvalue weighted by molar-refractivity contribution is 6.69. The van der Waals surface area contributed by atoms with Crippen molar-refractivity contribution in [2.45, 2.75) is 32.3 Å². The van der Waals surface area contributed by atoms with E-state index in [-0.39, 0.29) is 23.1 Å². The molecule has 2 heterocycles. The molecule has 2 aromatic rings. The van der Waals surface area contributed by atoms with Crippen molar-refractivity contribution in [2.24, 2.45) is 5.92 Å². The third kappa shape index (κ3) is 5.07. The Balaban J connectivity index is 1.95. The molecule has 1 aromatic carbocycles. The predicted octanol–water partition coefficient (Wildman–Crippen LogP) is 4.74. The van der Waals surface area contributed by atoms with E-state index in [1.54, 1.807) is 38.5 Å². The maximum Gasteiger partial charge on any atom is 0.166 e. The van der Waals surface area contributed by atoms with E-state index in [1.165, 1.54) is 12.1 Å². The summed E-state index contributed by atoms with van der Waals surface area (Å²) in [5.41, 5.74) is 9.78. The zero-order valence-corrected chi connectivity index (χ0v) is 19.9. The van der Waals surface area contributed by atoms with Crippen LogP contribution in [0.25, 0.3) is 5.70 Å². The monoisotopic (exact) mass is 482 g/mol. The van der Waals surface area contributed by atoms with E-state index in [9.17, 15) is 4.39 Å². The molecule has 2 bridgehead atoms. The minimum atomic E-state index is -0.599. The molecule has 0 amide bonds. The Kier molecular flexibility index (Phi) is 6.88. The molecule has 9 heteroatoms. The van der Waals surface area contributed by atoms with Crippen molar-refractivity contribution in [3.05, 3.63) is 70.3 Å². The largest absolute Gasteiger partial charge is 0.482 e. The van der Waals surface area contributed by atoms with Crippen LogP contribution in [0.2, 0.25) is 0 Å². The zero-order valence-electron chi connectivity index (χ0n) is 19.1. The molecule has 34 heavy (non-hydrogen) atoms. The second-order valence-electron chi connectivity index (χ2n) is 8.60. The zero-order chi connectivity index (χ0) is 24.4. The van der Waals surface area contributed by atoms with Crippen LogP contribution in [0, 0.1) is 22.6 Å². The van der Waals surface area contributed by atoms with E-state index < -0.39 is 11.9 Å². The number of anilines is 1. The fourth-order valence-electron chi connectivity index (χ4n) is 4.01. The molecule has 6 N–H and O–H groups in total. The van der Waals surface area contributed by atoms with E-state index in [0.29, 0.717) is 45.2 Å². The van der Waals surface area contributed by atoms with Gasteiger partial charge in [-0.1, -0.05) is 11.6 Å². The van der Waals surface area contributed by atoms with Gasteiger partial charge in [0.2, 0.25) is 0 Å². The van der Waals surface area contributed by atoms with Crippen LogP contribution in [0.1, 0.15) is 49.0 Å². The Hall–Kier alpha value is -3.39. The van der Waals surface area contributed by atoms with Gasteiger partial charge in [0.25, 0.3) is 0 Å². The highest BCUT2D eigenvalue weighted by Crippen LogP contribution is 2.35. The van der Waals surface area contributed by atoms with Crippen LogP contribution in [0.4, 0.5) is 10.2 Å². The summed E-state index contributed by atoms with van der Waals surface area (Å²) in [7, 11) is 1.74. The number of nitrogen functional groups attached to an aromatic ring is 1. The molecule has 4 rings (SSSR count). The van der Waals surface area contributed by atoms with Crippen LogP contribution in [0.15, 0.2) is 47.8 Å². The number of nitrogens with zero attached hydrogens (tertiary/aromatic N) is 1. The summed E-state index contributed by atoms with van der Waals surface area (Å²) in [5.74, 6) is 0.678. The molecular weight excluding hydrogens is 455 g/mol. The Labute approximate surface area is 203 Å². The summed E-state index contributed by atoms with van der Waals surface area (Å²) in [6.45, 7) is 2.53. The minimum absolute atomic E-state index is 0.142. The number of allylic oxidation sites excluding steroid dienone is 2. The van der Waals surface area contributed by atoms with Crippen LogP contribution >= 0.6 is 11.6 Å². The first-order chi connectivity index (χ1) is 16.3. The maximum atomic E-state index is 14.2. The van der Waals surface area contributed by atoms with E-state index >= 15 is 0 Å². The van der Waals surface area contributed by atoms with Gasteiger partial charge in [-0.3, -0.25) is 10.8 Å². The lowest BCUT2D eigenvalue weighted by atomic mass is 9.90. The Morgan fingerprint density at radius 1 is 1.35 bits per heavy atom. The number of pyridine rings is 1. The maximum absolute atomic E-state index is 14.2. The normalized spacial score (nSPS) is 21.7. The molecular formula is C25H28ClFN6O. The quantitative estimate of drug-likeness (QED) is 0.394. The van der Waals surface area contributed by atoms with Gasteiger partial charge in [0.15, 0.2) is 11.6 Å². The van der Waals surface area contributed by atoms with Crippen LogP contribution in [0.3, 0.4) is 0 Å². The lowest BCUT2D eigenvalue weighted by Crippen LogP contribution is -2.22. The van der Waals surface area contributed by atoms with Gasteiger partial charge in [-0.2, -0.15) is 0 Å². The van der Waals surface area contributed by atoms with Gasteiger partial charge in [-0.25, -0.2) is 9.37 Å². The molecule has 178 valence electrons. The number of nitrogens with two attached hydrogens (primary N) is 1. The number of ether oxygens (including phenoxy) is 1. The van der Waals surface area contributed by atoms with E-state index in [4.69, 9.17) is 32.9 Å². The fourth-order valence-corrected chi connectivity index (χ4v) is 4.18. The third-order valence-corrected chi connectivity index (χ3v) is 6.26.